The average Bonchev–Trinajstić information content (AvgIpc) is 1.62. The molecule has 21 rings (SSSR count). The van der Waals surface area contributed by atoms with E-state index in [1.54, 1.807) is 55.4 Å². The lowest BCUT2D eigenvalue weighted by Gasteiger charge is -2.24. The Kier molecular flexibility index (Phi) is 20.1. The number of aromatic amines is 6. The maximum Gasteiger partial charge on any atom is 0.330 e. The molecule has 16 atom stereocenters. The third-order valence-corrected chi connectivity index (χ3v) is 24.0. The number of ether oxygens (including phenoxy) is 16. The predicted molar refractivity (Wildman–Crippen MR) is 459 cm³/mol. The summed E-state index contributed by atoms with van der Waals surface area (Å²) in [6, 6.07) is 43.3. The summed E-state index contributed by atoms with van der Waals surface area (Å²) in [6.45, 7) is 14.2. The summed E-state index contributed by atoms with van der Waals surface area (Å²) in [7, 11) is 0. The quantitative estimate of drug-likeness (QED) is 0.0415. The summed E-state index contributed by atoms with van der Waals surface area (Å²) in [6.07, 6.45) is 1.36. The minimum Gasteiger partial charge on any atom is -0.491 e. The molecule has 10 aliphatic rings. The molecule has 10 aliphatic heterocycles. The first-order valence-electron chi connectivity index (χ1n) is 41.9. The second-order valence-corrected chi connectivity index (χ2v) is 34.4. The highest BCUT2D eigenvalue weighted by Crippen LogP contribution is 2.49. The Morgan fingerprint density at radius 2 is 0.477 bits per heavy atom. The van der Waals surface area contributed by atoms with Gasteiger partial charge >= 0.3 is 22.8 Å². The van der Waals surface area contributed by atoms with E-state index in [-0.39, 0.29) is 26.4 Å². The van der Waals surface area contributed by atoms with Crippen molar-refractivity contribution in [3.63, 3.8) is 0 Å². The number of hydrogen-bond donors (Lipinski definition) is 6. The van der Waals surface area contributed by atoms with Crippen LogP contribution in [0, 0.1) is 0 Å². The molecule has 7 aromatic heterocycles. The number of fused-ring (bicyclic) bond motifs is 12. The van der Waals surface area contributed by atoms with Gasteiger partial charge in [0.15, 0.2) is 48.1 Å². The van der Waals surface area contributed by atoms with Crippen molar-refractivity contribution in [2.24, 2.45) is 0 Å². The number of nitrogens with one attached hydrogen (secondary N) is 6. The molecule has 658 valence electrons. The lowest BCUT2D eigenvalue weighted by atomic mass is 10.0. The molecule has 0 radical (unpaired) electrons. The molecule has 36 nitrogen and oxygen atoms in total. The molecule has 8 saturated heterocycles. The number of hydrogen-bond acceptors (Lipinski definition) is 26. The normalized spacial score (nSPS) is 26.9. The van der Waals surface area contributed by atoms with Crippen LogP contribution < -0.4 is 63.9 Å². The van der Waals surface area contributed by atoms with Gasteiger partial charge in [0.1, 0.15) is 123 Å². The van der Waals surface area contributed by atoms with Crippen molar-refractivity contribution < 1.29 is 75.8 Å². The molecule has 4 aromatic carbocycles. The standard InChI is InChI=1S/C92H86N12O24/c1-89(2)121-73-61(117-81(77(73)125-89)101-37-33-65(105)97-85(101)109)41-113-49-17-9-45(10-18-49)69-53-25-27-55(93-53)70(46-11-19-50(20-12-46)114-42-62-74-78(126-90(3,4)122-74)82(118-62)102-38-34-66(106)98-86(102)110)57-29-31-59(95-57)72(48-15-23-52(24-16-48)116-44-64-76-80(128-92(7,8)124-76)84(120-64)104-40-36-68(108)100-88(104)112)60-32-30-58(96-60)71(56-28-26-54(69)94-56)47-13-21-51(22-14-47)115-43-63-75-79(127-91(5,6)123-75)83(119-63)103-39-35-67(107)99-87(103)111/h9-40,61-64,73-84,93,96H,41-44H2,1-8H3,(H,97,105,109)(H,98,106,110)(H,99,107,111)(H,100,108,112)/t61-,62-,63-,64-,73-,74-,75-,76-,77-,78-,79-,80-,81-,82-,83-,84-/m1/s1. The average molecular weight is 1740 g/mol. The molecule has 128 heavy (non-hydrogen) atoms. The minimum atomic E-state index is -1.02. The van der Waals surface area contributed by atoms with Gasteiger partial charge in [0, 0.05) is 93.4 Å². The van der Waals surface area contributed by atoms with Crippen LogP contribution in [0.1, 0.15) is 103 Å². The van der Waals surface area contributed by atoms with Crippen molar-refractivity contribution in [3.05, 3.63) is 277 Å². The van der Waals surface area contributed by atoms with Crippen LogP contribution in [-0.4, -0.2) is 181 Å². The molecule has 0 aliphatic carbocycles. The first-order chi connectivity index (χ1) is 61.5. The summed E-state index contributed by atoms with van der Waals surface area (Å²) in [4.78, 5) is 129. The van der Waals surface area contributed by atoms with Gasteiger partial charge in [0.25, 0.3) is 22.2 Å². The van der Waals surface area contributed by atoms with E-state index in [0.29, 0.717) is 90.1 Å². The Morgan fingerprint density at radius 1 is 0.273 bits per heavy atom. The molecule has 0 spiro atoms. The van der Waals surface area contributed by atoms with Crippen molar-refractivity contribution >= 4 is 46.4 Å². The SMILES string of the molecule is CC1(C)O[C@@H]2[C@H](O1)[C@@H](COc1ccc(-c3c4nc(c(-c5ccc(OC[C@H]6O[C@@H](n7ccc(=O)[nH]c7=O)[C@@H]7OC(C)(C)O[C@@H]76)cc5)c5ccc([nH]5)c(-c5ccc(OC[C@H]6O[C@@H](n7ccc(=O)[nH]c7=O)[C@@H]7OC(C)(C)O[C@@H]76)cc5)c5nc(c(-c6ccc(OC[C@H]7O[C@@H](n8ccc(=O)[nH]c8=O)[C@@H]8OC(C)(C)O[C@@H]87)cc6)c6ccc3[nH]6)C=C5)C=C4)cc1)O[C@H]2n1ccc(=O)[nH]c1=O. The molecular formula is C92H86N12O24. The summed E-state index contributed by atoms with van der Waals surface area (Å²) < 4.78 is 108. The van der Waals surface area contributed by atoms with E-state index in [9.17, 15) is 38.4 Å². The third kappa shape index (κ3) is 15.4. The van der Waals surface area contributed by atoms with Crippen LogP contribution in [0.15, 0.2) is 209 Å². The Balaban J connectivity index is 0.665. The van der Waals surface area contributed by atoms with Crippen LogP contribution in [0.4, 0.5) is 0 Å². The van der Waals surface area contributed by atoms with Gasteiger partial charge in [-0.3, -0.25) is 57.4 Å². The van der Waals surface area contributed by atoms with E-state index >= 15 is 0 Å². The molecule has 17 heterocycles. The highest BCUT2D eigenvalue weighted by Gasteiger charge is 2.60. The maximum atomic E-state index is 13.2. The van der Waals surface area contributed by atoms with Crippen molar-refractivity contribution in [3.8, 4) is 67.5 Å². The maximum absolute atomic E-state index is 13.2. The van der Waals surface area contributed by atoms with Crippen molar-refractivity contribution in [2.75, 3.05) is 26.4 Å². The molecule has 0 amide bonds. The van der Waals surface area contributed by atoms with Gasteiger partial charge in [-0.2, -0.15) is 0 Å². The minimum absolute atomic E-state index is 0.00174. The van der Waals surface area contributed by atoms with Gasteiger partial charge in [-0.25, -0.2) is 29.1 Å². The zero-order valence-electron chi connectivity index (χ0n) is 70.0. The molecule has 36 heteroatoms. The van der Waals surface area contributed by atoms with Gasteiger partial charge in [-0.05, 0) is 175 Å². The fraction of sp³-hybridized carbons (Fsp3) is 0.348. The third-order valence-electron chi connectivity index (χ3n) is 24.0. The number of nitrogens with zero attached hydrogens (tertiary/aromatic N) is 6. The van der Waals surface area contributed by atoms with E-state index in [2.05, 4.69) is 29.9 Å². The van der Waals surface area contributed by atoms with Crippen LogP contribution in [0.3, 0.4) is 0 Å². The second-order valence-electron chi connectivity index (χ2n) is 34.4. The van der Waals surface area contributed by atoms with Crippen LogP contribution in [0.5, 0.6) is 23.0 Å². The van der Waals surface area contributed by atoms with Crippen LogP contribution in [-0.2, 0) is 56.8 Å². The molecule has 0 unspecified atom stereocenters. The number of H-pyrrole nitrogens is 6. The monoisotopic (exact) mass is 1740 g/mol. The van der Waals surface area contributed by atoms with Gasteiger partial charge in [0.05, 0.1) is 22.8 Å². The Hall–Kier alpha value is -13.1. The Morgan fingerprint density at radius 3 is 0.680 bits per heavy atom. The molecule has 8 bridgehead atoms. The topological polar surface area (TPSA) is 424 Å². The van der Waals surface area contributed by atoms with Crippen LogP contribution in [0.25, 0.3) is 90.9 Å². The molecule has 6 N–H and O–H groups in total. The zero-order chi connectivity index (χ0) is 88.1. The van der Waals surface area contributed by atoms with E-state index in [1.807, 2.05) is 146 Å². The van der Waals surface area contributed by atoms with E-state index in [4.69, 9.17) is 85.8 Å². The van der Waals surface area contributed by atoms with E-state index in [0.717, 1.165) is 22.3 Å². The highest BCUT2D eigenvalue weighted by molar-refractivity contribution is 6.00. The Labute approximate surface area is 724 Å². The Bertz CT molecular complexity index is 6180. The van der Waals surface area contributed by atoms with Gasteiger partial charge in [-0.15, -0.1) is 0 Å². The lowest BCUT2D eigenvalue weighted by Crippen LogP contribution is -2.37. The van der Waals surface area contributed by atoms with E-state index < -0.39 is 166 Å². The largest absolute Gasteiger partial charge is 0.491 e. The van der Waals surface area contributed by atoms with Gasteiger partial charge < -0.3 is 85.8 Å². The smallest absolute Gasteiger partial charge is 0.330 e. The fourth-order valence-corrected chi connectivity index (χ4v) is 18.6. The summed E-state index contributed by atoms with van der Waals surface area (Å²) in [5.74, 6) is -2.13. The van der Waals surface area contributed by atoms with Crippen molar-refractivity contribution in [2.45, 2.75) is 177 Å². The first-order valence-corrected chi connectivity index (χ1v) is 41.9. The van der Waals surface area contributed by atoms with Crippen molar-refractivity contribution in [1.29, 1.82) is 0 Å². The molecule has 8 fully saturated rings. The van der Waals surface area contributed by atoms with Gasteiger partial charge in [-0.1, -0.05) is 48.5 Å². The molecular weight excluding hydrogens is 1660 g/mol. The zero-order valence-corrected chi connectivity index (χ0v) is 70.0. The summed E-state index contributed by atoms with van der Waals surface area (Å²) in [5.41, 5.74) is 5.97. The summed E-state index contributed by atoms with van der Waals surface area (Å²) >= 11 is 0. The second kappa shape index (κ2) is 31.4. The summed E-state index contributed by atoms with van der Waals surface area (Å²) in [5, 5.41) is 0. The number of rotatable bonds is 20. The van der Waals surface area contributed by atoms with Crippen molar-refractivity contribution in [1.82, 2.24) is 58.1 Å². The lowest BCUT2D eigenvalue weighted by molar-refractivity contribution is -0.200. The van der Waals surface area contributed by atoms with E-state index in [1.165, 1.54) is 67.3 Å². The highest BCUT2D eigenvalue weighted by atomic mass is 16.8. The molecule has 11 aromatic rings. The molecule has 0 saturated carbocycles. The van der Waals surface area contributed by atoms with Gasteiger partial charge in [0.2, 0.25) is 0 Å². The fourth-order valence-electron chi connectivity index (χ4n) is 18.6. The number of benzene rings is 4. The first kappa shape index (κ1) is 81.9. The predicted octanol–water partition coefficient (Wildman–Crippen LogP) is 8.71. The number of aromatic nitrogens is 12. The van der Waals surface area contributed by atoms with Crippen LogP contribution >= 0.6 is 0 Å². The van der Waals surface area contributed by atoms with Crippen LogP contribution in [0.2, 0.25) is 0 Å².